The third-order valence-corrected chi connectivity index (χ3v) is 4.32. The number of pyridine rings is 1. The summed E-state index contributed by atoms with van der Waals surface area (Å²) < 4.78 is 5.80. The quantitative estimate of drug-likeness (QED) is 0.815. The number of ether oxygens (including phenoxy) is 1. The number of aromatic nitrogens is 1. The van der Waals surface area contributed by atoms with Crippen molar-refractivity contribution < 1.29 is 9.53 Å². The van der Waals surface area contributed by atoms with Crippen LogP contribution < -0.4 is 0 Å². The monoisotopic (exact) mass is 314 g/mol. The molecule has 6 nitrogen and oxygen atoms in total. The van der Waals surface area contributed by atoms with Crippen LogP contribution in [0.2, 0.25) is 0 Å². The smallest absolute Gasteiger partial charge is 0.272 e. The number of nitriles is 1. The van der Waals surface area contributed by atoms with Gasteiger partial charge in [0.25, 0.3) is 5.91 Å². The number of carbonyl (C=O) groups excluding carboxylic acids is 1. The standard InChI is InChI=1S/C17H22N4O2/c1-20(10-13-2-3-13)11-15-12-21(6-7-23-15)17(22)16-5-4-14(8-18)9-19-16/h4-5,9,13,15H,2-3,6-7,10-12H2,1H3. The number of amides is 1. The molecule has 1 saturated carbocycles. The topological polar surface area (TPSA) is 69.5 Å². The van der Waals surface area contributed by atoms with E-state index in [2.05, 4.69) is 16.9 Å². The minimum Gasteiger partial charge on any atom is -0.373 e. The summed E-state index contributed by atoms with van der Waals surface area (Å²) in [5, 5.41) is 8.79. The highest BCUT2D eigenvalue weighted by Crippen LogP contribution is 2.29. The molecule has 0 aromatic carbocycles. The van der Waals surface area contributed by atoms with Gasteiger partial charge >= 0.3 is 0 Å². The summed E-state index contributed by atoms with van der Waals surface area (Å²) in [6, 6.07) is 5.25. The number of nitrogens with zero attached hydrogens (tertiary/aromatic N) is 4. The zero-order valence-electron chi connectivity index (χ0n) is 13.4. The van der Waals surface area contributed by atoms with Crippen LogP contribution in [0.15, 0.2) is 18.3 Å². The van der Waals surface area contributed by atoms with Crippen molar-refractivity contribution in [3.8, 4) is 6.07 Å². The molecule has 1 aromatic rings. The van der Waals surface area contributed by atoms with Crippen LogP contribution in [-0.2, 0) is 4.74 Å². The van der Waals surface area contributed by atoms with E-state index in [1.54, 1.807) is 17.0 Å². The third-order valence-electron chi connectivity index (χ3n) is 4.32. The Morgan fingerprint density at radius 2 is 2.30 bits per heavy atom. The highest BCUT2D eigenvalue weighted by Gasteiger charge is 2.28. The second-order valence-electron chi connectivity index (χ2n) is 6.45. The Labute approximate surface area is 136 Å². The molecule has 0 N–H and O–H groups in total. The average molecular weight is 314 g/mol. The second-order valence-corrected chi connectivity index (χ2v) is 6.45. The summed E-state index contributed by atoms with van der Waals surface area (Å²) in [7, 11) is 2.12. The predicted octanol–water partition coefficient (Wildman–Crippen LogP) is 1.14. The van der Waals surface area contributed by atoms with E-state index in [1.807, 2.05) is 6.07 Å². The van der Waals surface area contributed by atoms with Gasteiger partial charge in [0.1, 0.15) is 11.8 Å². The van der Waals surface area contributed by atoms with Gasteiger partial charge in [-0.2, -0.15) is 5.26 Å². The molecule has 1 atom stereocenters. The lowest BCUT2D eigenvalue weighted by atomic mass is 10.2. The maximum atomic E-state index is 12.5. The van der Waals surface area contributed by atoms with E-state index in [0.29, 0.717) is 31.0 Å². The maximum absolute atomic E-state index is 12.5. The van der Waals surface area contributed by atoms with Crippen molar-refractivity contribution in [3.05, 3.63) is 29.6 Å². The van der Waals surface area contributed by atoms with Crippen molar-refractivity contribution in [2.45, 2.75) is 18.9 Å². The first-order valence-electron chi connectivity index (χ1n) is 8.11. The molecule has 1 aliphatic heterocycles. The Bertz CT molecular complexity index is 592. The van der Waals surface area contributed by atoms with Crippen LogP contribution in [-0.4, -0.2) is 66.6 Å². The lowest BCUT2D eigenvalue weighted by Gasteiger charge is -2.34. The molecule has 0 spiro atoms. The molecule has 6 heteroatoms. The van der Waals surface area contributed by atoms with Gasteiger partial charge in [-0.05, 0) is 37.9 Å². The van der Waals surface area contributed by atoms with Crippen LogP contribution in [0.5, 0.6) is 0 Å². The molecule has 1 aliphatic carbocycles. The van der Waals surface area contributed by atoms with E-state index in [4.69, 9.17) is 10.00 Å². The minimum absolute atomic E-state index is 0.0508. The first-order chi connectivity index (χ1) is 11.2. The average Bonchev–Trinajstić information content (AvgIpc) is 3.38. The summed E-state index contributed by atoms with van der Waals surface area (Å²) in [5.41, 5.74) is 0.846. The van der Waals surface area contributed by atoms with Crippen LogP contribution in [0.1, 0.15) is 28.9 Å². The molecule has 2 fully saturated rings. The first-order valence-corrected chi connectivity index (χ1v) is 8.11. The lowest BCUT2D eigenvalue weighted by molar-refractivity contribution is -0.0335. The molecule has 3 rings (SSSR count). The SMILES string of the molecule is CN(CC1CC1)CC1CN(C(=O)c2ccc(C#N)cn2)CCO1. The molecule has 1 unspecified atom stereocenters. The minimum atomic E-state index is -0.0902. The third kappa shape index (κ3) is 4.27. The highest BCUT2D eigenvalue weighted by molar-refractivity contribution is 5.92. The molecule has 2 aliphatic rings. The van der Waals surface area contributed by atoms with E-state index in [-0.39, 0.29) is 12.0 Å². The number of morpholine rings is 1. The number of likely N-dealkylation sites (N-methyl/N-ethyl adjacent to an activating group) is 1. The number of rotatable bonds is 5. The number of carbonyl (C=O) groups is 1. The number of hydrogen-bond donors (Lipinski definition) is 0. The van der Waals surface area contributed by atoms with Gasteiger partial charge in [0, 0.05) is 32.4 Å². The van der Waals surface area contributed by atoms with E-state index in [0.717, 1.165) is 19.0 Å². The van der Waals surface area contributed by atoms with Gasteiger partial charge in [0.15, 0.2) is 0 Å². The van der Waals surface area contributed by atoms with Crippen molar-refractivity contribution >= 4 is 5.91 Å². The van der Waals surface area contributed by atoms with Crippen molar-refractivity contribution in [1.82, 2.24) is 14.8 Å². The zero-order chi connectivity index (χ0) is 16.2. The molecule has 122 valence electrons. The maximum Gasteiger partial charge on any atom is 0.272 e. The van der Waals surface area contributed by atoms with Crippen LogP contribution in [0.4, 0.5) is 0 Å². The summed E-state index contributed by atoms with van der Waals surface area (Å²) in [4.78, 5) is 20.7. The summed E-state index contributed by atoms with van der Waals surface area (Å²) in [6.45, 7) is 3.70. The Balaban J connectivity index is 1.56. The van der Waals surface area contributed by atoms with Gasteiger partial charge in [0.05, 0.1) is 18.3 Å². The van der Waals surface area contributed by atoms with Gasteiger partial charge < -0.3 is 14.5 Å². The van der Waals surface area contributed by atoms with Gasteiger partial charge in [-0.1, -0.05) is 0 Å². The lowest BCUT2D eigenvalue weighted by Crippen LogP contribution is -2.49. The van der Waals surface area contributed by atoms with Gasteiger partial charge in [0.2, 0.25) is 0 Å². The van der Waals surface area contributed by atoms with Crippen LogP contribution in [0.25, 0.3) is 0 Å². The molecule has 0 radical (unpaired) electrons. The van der Waals surface area contributed by atoms with E-state index < -0.39 is 0 Å². The Morgan fingerprint density at radius 3 is 2.96 bits per heavy atom. The van der Waals surface area contributed by atoms with Crippen LogP contribution in [0.3, 0.4) is 0 Å². The first kappa shape index (κ1) is 15.9. The van der Waals surface area contributed by atoms with Crippen LogP contribution >= 0.6 is 0 Å². The van der Waals surface area contributed by atoms with Crippen molar-refractivity contribution in [1.29, 1.82) is 5.26 Å². The molecule has 23 heavy (non-hydrogen) atoms. The molecule has 1 saturated heterocycles. The highest BCUT2D eigenvalue weighted by atomic mass is 16.5. The van der Waals surface area contributed by atoms with Crippen molar-refractivity contribution in [2.24, 2.45) is 5.92 Å². The normalized spacial score (nSPS) is 21.3. The van der Waals surface area contributed by atoms with Gasteiger partial charge in [-0.3, -0.25) is 4.79 Å². The second kappa shape index (κ2) is 7.07. The Morgan fingerprint density at radius 1 is 1.48 bits per heavy atom. The summed E-state index contributed by atoms with van der Waals surface area (Å²) in [5.74, 6) is 0.761. The van der Waals surface area contributed by atoms with Crippen molar-refractivity contribution in [2.75, 3.05) is 39.8 Å². The molecule has 2 heterocycles. The fraction of sp³-hybridized carbons (Fsp3) is 0.588. The molecular weight excluding hydrogens is 292 g/mol. The Hall–Kier alpha value is -1.97. The largest absolute Gasteiger partial charge is 0.373 e. The fourth-order valence-electron chi connectivity index (χ4n) is 2.93. The fourth-order valence-corrected chi connectivity index (χ4v) is 2.93. The summed E-state index contributed by atoms with van der Waals surface area (Å²) in [6.07, 6.45) is 4.17. The van der Waals surface area contributed by atoms with Crippen LogP contribution in [0, 0.1) is 17.2 Å². The molecule has 0 bridgehead atoms. The van der Waals surface area contributed by atoms with E-state index >= 15 is 0 Å². The Kier molecular flexibility index (Phi) is 4.89. The molecule has 1 amide bonds. The zero-order valence-corrected chi connectivity index (χ0v) is 13.4. The van der Waals surface area contributed by atoms with E-state index in [1.165, 1.54) is 19.0 Å². The number of hydrogen-bond acceptors (Lipinski definition) is 5. The van der Waals surface area contributed by atoms with Gasteiger partial charge in [-0.15, -0.1) is 0 Å². The van der Waals surface area contributed by atoms with Crippen molar-refractivity contribution in [3.63, 3.8) is 0 Å². The molecular formula is C17H22N4O2. The predicted molar refractivity (Wildman–Crippen MR) is 84.8 cm³/mol. The van der Waals surface area contributed by atoms with E-state index in [9.17, 15) is 4.79 Å². The van der Waals surface area contributed by atoms with Gasteiger partial charge in [-0.25, -0.2) is 4.98 Å². The molecule has 1 aromatic heterocycles. The summed E-state index contributed by atoms with van der Waals surface area (Å²) >= 11 is 0.